The zero-order valence-electron chi connectivity index (χ0n) is 12.6. The molecule has 2 unspecified atom stereocenters. The summed E-state index contributed by atoms with van der Waals surface area (Å²) in [6, 6.07) is 0. The average molecular weight is 279 g/mol. The molecule has 2 rings (SSSR count). The summed E-state index contributed by atoms with van der Waals surface area (Å²) >= 11 is 0. The molecule has 1 aromatic heterocycles. The highest BCUT2D eigenvalue weighted by Crippen LogP contribution is 2.27. The third kappa shape index (κ3) is 3.39. The van der Waals surface area contributed by atoms with Crippen LogP contribution in [0.2, 0.25) is 0 Å². The Labute approximate surface area is 120 Å². The SMILES string of the molecule is Cc1c(NC(=O)C2CCCC2O)cnn1CCC(C)C. The first-order chi connectivity index (χ1) is 9.49. The molecule has 1 heterocycles. The Hall–Kier alpha value is -1.36. The van der Waals surface area contributed by atoms with E-state index in [1.807, 2.05) is 11.6 Å². The van der Waals surface area contributed by atoms with E-state index in [0.717, 1.165) is 43.6 Å². The minimum atomic E-state index is -0.494. The summed E-state index contributed by atoms with van der Waals surface area (Å²) in [5.41, 5.74) is 1.74. The van der Waals surface area contributed by atoms with E-state index in [4.69, 9.17) is 0 Å². The molecule has 0 bridgehead atoms. The molecule has 5 heteroatoms. The standard InChI is InChI=1S/C15H25N3O2/c1-10(2)7-8-18-11(3)13(9-16-18)17-15(20)12-5-4-6-14(12)19/h9-10,12,14,19H,4-8H2,1-3H3,(H,17,20). The molecule has 0 aliphatic heterocycles. The first-order valence-corrected chi connectivity index (χ1v) is 7.50. The molecule has 0 aromatic carbocycles. The van der Waals surface area contributed by atoms with Gasteiger partial charge in [0.1, 0.15) is 0 Å². The van der Waals surface area contributed by atoms with Crippen molar-refractivity contribution >= 4 is 11.6 Å². The smallest absolute Gasteiger partial charge is 0.230 e. The second-order valence-electron chi connectivity index (χ2n) is 6.14. The van der Waals surface area contributed by atoms with Gasteiger partial charge >= 0.3 is 0 Å². The average Bonchev–Trinajstić information content (AvgIpc) is 2.95. The van der Waals surface area contributed by atoms with Crippen molar-refractivity contribution in [2.75, 3.05) is 5.32 Å². The number of rotatable bonds is 5. The lowest BCUT2D eigenvalue weighted by atomic mass is 10.1. The second kappa shape index (κ2) is 6.39. The molecular weight excluding hydrogens is 254 g/mol. The Bertz CT molecular complexity index is 468. The second-order valence-corrected chi connectivity index (χ2v) is 6.14. The van der Waals surface area contributed by atoms with Crippen LogP contribution in [0.3, 0.4) is 0 Å². The number of aromatic nitrogens is 2. The normalized spacial score (nSPS) is 22.4. The number of carbonyl (C=O) groups excluding carboxylic acids is 1. The van der Waals surface area contributed by atoms with E-state index >= 15 is 0 Å². The van der Waals surface area contributed by atoms with Crippen LogP contribution < -0.4 is 5.32 Å². The van der Waals surface area contributed by atoms with Crippen molar-refractivity contribution in [3.63, 3.8) is 0 Å². The highest BCUT2D eigenvalue weighted by Gasteiger charge is 2.31. The number of nitrogens with one attached hydrogen (secondary N) is 1. The molecule has 0 radical (unpaired) electrons. The first-order valence-electron chi connectivity index (χ1n) is 7.50. The van der Waals surface area contributed by atoms with E-state index in [0.29, 0.717) is 5.92 Å². The van der Waals surface area contributed by atoms with Crippen LogP contribution in [0.25, 0.3) is 0 Å². The fourth-order valence-electron chi connectivity index (χ4n) is 2.65. The van der Waals surface area contributed by atoms with Gasteiger partial charge in [-0.15, -0.1) is 0 Å². The molecule has 1 aromatic rings. The topological polar surface area (TPSA) is 67.2 Å². The van der Waals surface area contributed by atoms with Crippen LogP contribution in [-0.2, 0) is 11.3 Å². The number of aliphatic hydroxyl groups is 1. The fourth-order valence-corrected chi connectivity index (χ4v) is 2.65. The molecule has 5 nitrogen and oxygen atoms in total. The van der Waals surface area contributed by atoms with Crippen LogP contribution in [0.1, 0.15) is 45.2 Å². The van der Waals surface area contributed by atoms with Crippen molar-refractivity contribution in [2.24, 2.45) is 11.8 Å². The van der Waals surface area contributed by atoms with E-state index in [2.05, 4.69) is 24.3 Å². The molecule has 0 saturated heterocycles. The van der Waals surface area contributed by atoms with E-state index in [1.165, 1.54) is 0 Å². The number of carbonyl (C=O) groups is 1. The fraction of sp³-hybridized carbons (Fsp3) is 0.733. The maximum absolute atomic E-state index is 12.1. The van der Waals surface area contributed by atoms with Crippen molar-refractivity contribution < 1.29 is 9.90 Å². The predicted octanol–water partition coefficient (Wildman–Crippen LogP) is 2.34. The van der Waals surface area contributed by atoms with Gasteiger partial charge in [-0.1, -0.05) is 13.8 Å². The summed E-state index contributed by atoms with van der Waals surface area (Å²) in [5, 5.41) is 17.0. The third-order valence-corrected chi connectivity index (χ3v) is 4.10. The molecule has 20 heavy (non-hydrogen) atoms. The van der Waals surface area contributed by atoms with Gasteiger partial charge in [-0.05, 0) is 38.5 Å². The Kier molecular flexibility index (Phi) is 4.81. The first kappa shape index (κ1) is 15.0. The zero-order chi connectivity index (χ0) is 14.7. The van der Waals surface area contributed by atoms with Crippen LogP contribution in [0.4, 0.5) is 5.69 Å². The van der Waals surface area contributed by atoms with Gasteiger partial charge in [0.05, 0.1) is 29.6 Å². The third-order valence-electron chi connectivity index (χ3n) is 4.10. The van der Waals surface area contributed by atoms with Crippen molar-refractivity contribution in [1.29, 1.82) is 0 Å². The molecule has 1 aliphatic rings. The Balaban J connectivity index is 1.97. The van der Waals surface area contributed by atoms with E-state index in [9.17, 15) is 9.90 Å². The number of anilines is 1. The molecule has 1 saturated carbocycles. The van der Waals surface area contributed by atoms with Gasteiger partial charge < -0.3 is 10.4 Å². The van der Waals surface area contributed by atoms with Crippen molar-refractivity contribution in [3.05, 3.63) is 11.9 Å². The molecule has 0 spiro atoms. The highest BCUT2D eigenvalue weighted by molar-refractivity contribution is 5.93. The lowest BCUT2D eigenvalue weighted by Crippen LogP contribution is -2.28. The van der Waals surface area contributed by atoms with Crippen LogP contribution >= 0.6 is 0 Å². The van der Waals surface area contributed by atoms with Gasteiger partial charge in [-0.3, -0.25) is 9.48 Å². The molecule has 112 valence electrons. The summed E-state index contributed by atoms with van der Waals surface area (Å²) < 4.78 is 1.93. The van der Waals surface area contributed by atoms with E-state index < -0.39 is 6.10 Å². The Morgan fingerprint density at radius 2 is 2.30 bits per heavy atom. The lowest BCUT2D eigenvalue weighted by Gasteiger charge is -2.14. The van der Waals surface area contributed by atoms with Gasteiger partial charge in [0.15, 0.2) is 0 Å². The summed E-state index contributed by atoms with van der Waals surface area (Å²) in [5.74, 6) is 0.278. The maximum Gasteiger partial charge on any atom is 0.230 e. The van der Waals surface area contributed by atoms with Crippen LogP contribution in [-0.4, -0.2) is 26.9 Å². The predicted molar refractivity (Wildman–Crippen MR) is 78.4 cm³/mol. The van der Waals surface area contributed by atoms with Crippen LogP contribution in [0, 0.1) is 18.8 Å². The number of hydrogen-bond donors (Lipinski definition) is 2. The van der Waals surface area contributed by atoms with Crippen molar-refractivity contribution in [2.45, 2.75) is 59.1 Å². The summed E-state index contributed by atoms with van der Waals surface area (Å²) in [6.07, 6.45) is 4.70. The minimum absolute atomic E-state index is 0.0819. The Morgan fingerprint density at radius 3 is 2.90 bits per heavy atom. The van der Waals surface area contributed by atoms with Crippen LogP contribution in [0.15, 0.2) is 6.20 Å². The number of amides is 1. The van der Waals surface area contributed by atoms with Gasteiger partial charge in [0.2, 0.25) is 5.91 Å². The highest BCUT2D eigenvalue weighted by atomic mass is 16.3. The Morgan fingerprint density at radius 1 is 1.55 bits per heavy atom. The van der Waals surface area contributed by atoms with E-state index in [1.54, 1.807) is 6.20 Å². The number of aliphatic hydroxyl groups excluding tert-OH is 1. The van der Waals surface area contributed by atoms with Gasteiger partial charge in [-0.25, -0.2) is 0 Å². The van der Waals surface area contributed by atoms with E-state index in [-0.39, 0.29) is 11.8 Å². The largest absolute Gasteiger partial charge is 0.392 e. The molecule has 1 aliphatic carbocycles. The monoisotopic (exact) mass is 279 g/mol. The van der Waals surface area contributed by atoms with Crippen molar-refractivity contribution in [3.8, 4) is 0 Å². The van der Waals surface area contributed by atoms with Gasteiger partial charge in [0.25, 0.3) is 0 Å². The molecule has 1 amide bonds. The summed E-state index contributed by atoms with van der Waals surface area (Å²) in [7, 11) is 0. The summed E-state index contributed by atoms with van der Waals surface area (Å²) in [4.78, 5) is 12.1. The molecule has 1 fully saturated rings. The quantitative estimate of drug-likeness (QED) is 0.869. The number of nitrogens with zero attached hydrogens (tertiary/aromatic N) is 2. The van der Waals surface area contributed by atoms with Crippen molar-refractivity contribution in [1.82, 2.24) is 9.78 Å². The summed E-state index contributed by atoms with van der Waals surface area (Å²) in [6.45, 7) is 7.20. The van der Waals surface area contributed by atoms with Gasteiger partial charge in [0, 0.05) is 6.54 Å². The lowest BCUT2D eigenvalue weighted by molar-refractivity contribution is -0.122. The maximum atomic E-state index is 12.1. The van der Waals surface area contributed by atoms with Gasteiger partial charge in [-0.2, -0.15) is 5.10 Å². The number of aryl methyl sites for hydroxylation is 1. The minimum Gasteiger partial charge on any atom is -0.392 e. The zero-order valence-corrected chi connectivity index (χ0v) is 12.6. The van der Waals surface area contributed by atoms with Crippen LogP contribution in [0.5, 0.6) is 0 Å². The molecule has 2 atom stereocenters. The molecular formula is C15H25N3O2. The number of hydrogen-bond acceptors (Lipinski definition) is 3. The molecule has 2 N–H and O–H groups in total.